The molecule has 0 aliphatic rings. The standard InChI is InChI=1S/C16H18N2O2/c1-2-18(11-12-6-4-3-5-7-12)15-10-13(17)8-9-14(15)16(19)20/h3-10H,2,11,17H2,1H3,(H,19,20). The molecular weight excluding hydrogens is 252 g/mol. The van der Waals surface area contributed by atoms with E-state index in [1.54, 1.807) is 18.2 Å². The molecule has 0 atom stereocenters. The molecular formula is C16H18N2O2. The summed E-state index contributed by atoms with van der Waals surface area (Å²) in [7, 11) is 0. The Hall–Kier alpha value is -2.49. The van der Waals surface area contributed by atoms with Crippen LogP contribution < -0.4 is 10.6 Å². The Morgan fingerprint density at radius 2 is 1.90 bits per heavy atom. The number of nitrogen functional groups attached to an aromatic ring is 1. The summed E-state index contributed by atoms with van der Waals surface area (Å²) >= 11 is 0. The number of rotatable bonds is 5. The second-order valence-corrected chi connectivity index (χ2v) is 4.58. The van der Waals surface area contributed by atoms with E-state index >= 15 is 0 Å². The Kier molecular flexibility index (Phi) is 4.25. The fourth-order valence-corrected chi connectivity index (χ4v) is 2.16. The fourth-order valence-electron chi connectivity index (χ4n) is 2.16. The number of nitrogens with zero attached hydrogens (tertiary/aromatic N) is 1. The number of carboxylic acids is 1. The van der Waals surface area contributed by atoms with Gasteiger partial charge < -0.3 is 15.7 Å². The largest absolute Gasteiger partial charge is 0.478 e. The first kappa shape index (κ1) is 13.9. The summed E-state index contributed by atoms with van der Waals surface area (Å²) in [6.07, 6.45) is 0. The molecule has 0 heterocycles. The molecule has 3 N–H and O–H groups in total. The molecule has 104 valence electrons. The molecule has 4 heteroatoms. The van der Waals surface area contributed by atoms with Crippen LogP contribution in [0.1, 0.15) is 22.8 Å². The molecule has 0 spiro atoms. The van der Waals surface area contributed by atoms with Gasteiger partial charge in [0.05, 0.1) is 11.3 Å². The van der Waals surface area contributed by atoms with E-state index in [1.165, 1.54) is 0 Å². The smallest absolute Gasteiger partial charge is 0.337 e. The second-order valence-electron chi connectivity index (χ2n) is 4.58. The molecule has 2 aromatic rings. The number of benzene rings is 2. The summed E-state index contributed by atoms with van der Waals surface area (Å²) in [5.74, 6) is -0.938. The topological polar surface area (TPSA) is 66.6 Å². The van der Waals surface area contributed by atoms with Gasteiger partial charge in [-0.3, -0.25) is 0 Å². The number of hydrogen-bond donors (Lipinski definition) is 2. The third-order valence-corrected chi connectivity index (χ3v) is 3.19. The summed E-state index contributed by atoms with van der Waals surface area (Å²) in [6.45, 7) is 3.36. The maximum atomic E-state index is 11.3. The Bertz CT molecular complexity index is 597. The molecule has 0 aromatic heterocycles. The SMILES string of the molecule is CCN(Cc1ccccc1)c1cc(N)ccc1C(=O)O. The van der Waals surface area contributed by atoms with Crippen molar-refractivity contribution < 1.29 is 9.90 Å². The second kappa shape index (κ2) is 6.10. The molecule has 0 radical (unpaired) electrons. The molecule has 20 heavy (non-hydrogen) atoms. The molecule has 0 aliphatic carbocycles. The quantitative estimate of drug-likeness (QED) is 0.820. The minimum absolute atomic E-state index is 0.275. The fraction of sp³-hybridized carbons (Fsp3) is 0.188. The van der Waals surface area contributed by atoms with Crippen LogP contribution in [-0.4, -0.2) is 17.6 Å². The number of carboxylic acid groups (broad SMARTS) is 1. The van der Waals surface area contributed by atoms with Crippen molar-refractivity contribution in [3.63, 3.8) is 0 Å². The van der Waals surface area contributed by atoms with Crippen molar-refractivity contribution in [3.05, 3.63) is 59.7 Å². The first-order valence-corrected chi connectivity index (χ1v) is 6.53. The van der Waals surface area contributed by atoms with Crippen LogP contribution in [0.25, 0.3) is 0 Å². The number of hydrogen-bond acceptors (Lipinski definition) is 3. The molecule has 0 bridgehead atoms. The van der Waals surface area contributed by atoms with E-state index in [4.69, 9.17) is 5.73 Å². The molecule has 0 unspecified atom stereocenters. The van der Waals surface area contributed by atoms with Crippen LogP contribution in [-0.2, 0) is 6.54 Å². The number of aromatic carboxylic acids is 1. The predicted octanol–water partition coefficient (Wildman–Crippen LogP) is 2.99. The van der Waals surface area contributed by atoms with Crippen LogP contribution in [0.3, 0.4) is 0 Å². The Morgan fingerprint density at radius 1 is 1.20 bits per heavy atom. The number of carbonyl (C=O) groups is 1. The zero-order valence-electron chi connectivity index (χ0n) is 11.4. The predicted molar refractivity (Wildman–Crippen MR) is 81.0 cm³/mol. The van der Waals surface area contributed by atoms with E-state index in [9.17, 15) is 9.90 Å². The minimum Gasteiger partial charge on any atom is -0.478 e. The van der Waals surface area contributed by atoms with Crippen LogP contribution >= 0.6 is 0 Å². The molecule has 0 saturated carbocycles. The van der Waals surface area contributed by atoms with Gasteiger partial charge >= 0.3 is 5.97 Å². The van der Waals surface area contributed by atoms with Crippen LogP contribution in [0.15, 0.2) is 48.5 Å². The lowest BCUT2D eigenvalue weighted by Gasteiger charge is -2.25. The van der Waals surface area contributed by atoms with E-state index < -0.39 is 5.97 Å². The maximum absolute atomic E-state index is 11.3. The molecule has 0 fully saturated rings. The normalized spacial score (nSPS) is 10.2. The maximum Gasteiger partial charge on any atom is 0.337 e. The van der Waals surface area contributed by atoms with Crippen LogP contribution in [0.2, 0.25) is 0 Å². The Morgan fingerprint density at radius 3 is 2.50 bits per heavy atom. The first-order chi connectivity index (χ1) is 9.61. The average Bonchev–Trinajstić information content (AvgIpc) is 2.45. The van der Waals surface area contributed by atoms with Crippen molar-refractivity contribution in [2.24, 2.45) is 0 Å². The highest BCUT2D eigenvalue weighted by atomic mass is 16.4. The molecule has 0 amide bonds. The van der Waals surface area contributed by atoms with E-state index in [1.807, 2.05) is 42.2 Å². The third-order valence-electron chi connectivity index (χ3n) is 3.19. The molecule has 2 rings (SSSR count). The highest BCUT2D eigenvalue weighted by Gasteiger charge is 2.15. The number of anilines is 2. The summed E-state index contributed by atoms with van der Waals surface area (Å²) in [6, 6.07) is 14.8. The van der Waals surface area contributed by atoms with E-state index in [0.29, 0.717) is 24.5 Å². The van der Waals surface area contributed by atoms with Crippen LogP contribution in [0, 0.1) is 0 Å². The lowest BCUT2D eigenvalue weighted by atomic mass is 10.1. The molecule has 2 aromatic carbocycles. The summed E-state index contributed by atoms with van der Waals surface area (Å²) in [5.41, 5.74) is 8.42. The highest BCUT2D eigenvalue weighted by Crippen LogP contribution is 2.25. The summed E-state index contributed by atoms with van der Waals surface area (Å²) in [4.78, 5) is 13.3. The van der Waals surface area contributed by atoms with Gasteiger partial charge in [0.2, 0.25) is 0 Å². The minimum atomic E-state index is -0.938. The van der Waals surface area contributed by atoms with Crippen molar-refractivity contribution in [1.29, 1.82) is 0 Å². The summed E-state index contributed by atoms with van der Waals surface area (Å²) in [5, 5.41) is 9.30. The zero-order valence-corrected chi connectivity index (χ0v) is 11.4. The van der Waals surface area contributed by atoms with Crippen molar-refractivity contribution in [2.75, 3.05) is 17.2 Å². The van der Waals surface area contributed by atoms with E-state index in [2.05, 4.69) is 0 Å². The van der Waals surface area contributed by atoms with Crippen molar-refractivity contribution in [1.82, 2.24) is 0 Å². The first-order valence-electron chi connectivity index (χ1n) is 6.53. The molecule has 4 nitrogen and oxygen atoms in total. The van der Waals surface area contributed by atoms with Gasteiger partial charge in [0.25, 0.3) is 0 Å². The van der Waals surface area contributed by atoms with Gasteiger partial charge in [-0.25, -0.2) is 4.79 Å². The highest BCUT2D eigenvalue weighted by molar-refractivity contribution is 5.95. The monoisotopic (exact) mass is 270 g/mol. The third kappa shape index (κ3) is 3.09. The average molecular weight is 270 g/mol. The van der Waals surface area contributed by atoms with Gasteiger partial charge in [-0.1, -0.05) is 30.3 Å². The van der Waals surface area contributed by atoms with Crippen molar-refractivity contribution >= 4 is 17.3 Å². The van der Waals surface area contributed by atoms with Gasteiger partial charge in [0.15, 0.2) is 0 Å². The van der Waals surface area contributed by atoms with Crippen LogP contribution in [0.5, 0.6) is 0 Å². The summed E-state index contributed by atoms with van der Waals surface area (Å²) < 4.78 is 0. The van der Waals surface area contributed by atoms with Gasteiger partial charge in [-0.05, 0) is 30.7 Å². The number of nitrogens with two attached hydrogens (primary N) is 1. The van der Waals surface area contributed by atoms with Crippen molar-refractivity contribution in [3.8, 4) is 0 Å². The molecule has 0 saturated heterocycles. The van der Waals surface area contributed by atoms with Gasteiger partial charge in [-0.2, -0.15) is 0 Å². The lowest BCUT2D eigenvalue weighted by Crippen LogP contribution is -2.24. The molecule has 0 aliphatic heterocycles. The Balaban J connectivity index is 2.36. The van der Waals surface area contributed by atoms with Gasteiger partial charge in [0.1, 0.15) is 0 Å². The lowest BCUT2D eigenvalue weighted by molar-refractivity contribution is 0.0697. The Labute approximate surface area is 118 Å². The van der Waals surface area contributed by atoms with E-state index in [-0.39, 0.29) is 5.56 Å². The zero-order chi connectivity index (χ0) is 14.5. The van der Waals surface area contributed by atoms with Gasteiger partial charge in [-0.15, -0.1) is 0 Å². The van der Waals surface area contributed by atoms with Crippen LogP contribution in [0.4, 0.5) is 11.4 Å². The van der Waals surface area contributed by atoms with E-state index in [0.717, 1.165) is 5.56 Å². The van der Waals surface area contributed by atoms with Crippen molar-refractivity contribution in [2.45, 2.75) is 13.5 Å². The van der Waals surface area contributed by atoms with Gasteiger partial charge in [0, 0.05) is 18.8 Å².